The van der Waals surface area contributed by atoms with Crippen molar-refractivity contribution >= 4 is 5.65 Å². The molecule has 0 saturated heterocycles. The Hall–Kier alpha value is -3.69. The van der Waals surface area contributed by atoms with E-state index in [-0.39, 0.29) is 17.4 Å². The Morgan fingerprint density at radius 2 is 1.97 bits per heavy atom. The van der Waals surface area contributed by atoms with Gasteiger partial charge in [-0.2, -0.15) is 18.3 Å². The molecule has 2 N–H and O–H groups in total. The minimum absolute atomic E-state index is 0.0537. The summed E-state index contributed by atoms with van der Waals surface area (Å²) in [5.74, 6) is -0.140. The van der Waals surface area contributed by atoms with Crippen LogP contribution in [0.2, 0.25) is 0 Å². The number of hydrogen-bond acceptors (Lipinski definition) is 4. The molecule has 0 radical (unpaired) electrons. The Bertz CT molecular complexity index is 1390. The predicted octanol–water partition coefficient (Wildman–Crippen LogP) is 3.06. The molecule has 30 heavy (non-hydrogen) atoms. The van der Waals surface area contributed by atoms with Gasteiger partial charge in [0.25, 0.3) is 5.56 Å². The Morgan fingerprint density at radius 3 is 2.73 bits per heavy atom. The quantitative estimate of drug-likeness (QED) is 0.540. The van der Waals surface area contributed by atoms with Crippen molar-refractivity contribution in [2.24, 2.45) is 0 Å². The van der Waals surface area contributed by atoms with Gasteiger partial charge >= 0.3 is 11.9 Å². The number of H-pyrrole nitrogens is 2. The molecule has 0 bridgehead atoms. The van der Waals surface area contributed by atoms with Gasteiger partial charge in [-0.25, -0.2) is 14.3 Å². The summed E-state index contributed by atoms with van der Waals surface area (Å²) in [6, 6.07) is 7.06. The van der Waals surface area contributed by atoms with Crippen molar-refractivity contribution in [1.82, 2.24) is 24.6 Å². The molecular weight excluding hydrogens is 399 g/mol. The minimum Gasteiger partial charge on any atom is -0.313 e. The lowest BCUT2D eigenvalue weighted by Crippen LogP contribution is -2.23. The molecule has 10 heteroatoms. The summed E-state index contributed by atoms with van der Waals surface area (Å²) in [4.78, 5) is 32.4. The minimum atomic E-state index is -4.40. The summed E-state index contributed by atoms with van der Waals surface area (Å²) in [5.41, 5.74) is 0.621. The molecular formula is C20H14F3N5O2. The Balaban J connectivity index is 1.57. The van der Waals surface area contributed by atoms with Gasteiger partial charge in [0.05, 0.1) is 16.8 Å². The first-order valence-electron chi connectivity index (χ1n) is 9.15. The van der Waals surface area contributed by atoms with Crippen molar-refractivity contribution < 1.29 is 13.2 Å². The first-order chi connectivity index (χ1) is 14.3. The average molecular weight is 413 g/mol. The highest BCUT2D eigenvalue weighted by atomic mass is 19.4. The van der Waals surface area contributed by atoms with Crippen LogP contribution >= 0.6 is 0 Å². The van der Waals surface area contributed by atoms with Crippen LogP contribution in [-0.4, -0.2) is 24.6 Å². The third-order valence-electron chi connectivity index (χ3n) is 5.31. The van der Waals surface area contributed by atoms with Crippen LogP contribution in [0.1, 0.15) is 34.9 Å². The lowest BCUT2D eigenvalue weighted by atomic mass is 10.0. The van der Waals surface area contributed by atoms with Gasteiger partial charge in [-0.1, -0.05) is 18.2 Å². The molecule has 1 saturated carbocycles. The van der Waals surface area contributed by atoms with Crippen LogP contribution in [0.3, 0.4) is 0 Å². The molecule has 1 aliphatic carbocycles. The maximum absolute atomic E-state index is 13.1. The van der Waals surface area contributed by atoms with Crippen LogP contribution in [0.25, 0.3) is 16.9 Å². The van der Waals surface area contributed by atoms with Crippen LogP contribution in [0.5, 0.6) is 0 Å². The lowest BCUT2D eigenvalue weighted by molar-refractivity contribution is -0.137. The third kappa shape index (κ3) is 3.10. The summed E-state index contributed by atoms with van der Waals surface area (Å²) in [6.07, 6.45) is 0.743. The van der Waals surface area contributed by atoms with E-state index in [1.54, 1.807) is 24.5 Å². The highest BCUT2D eigenvalue weighted by Crippen LogP contribution is 2.56. The van der Waals surface area contributed by atoms with Crippen LogP contribution in [0.4, 0.5) is 13.2 Å². The van der Waals surface area contributed by atoms with E-state index in [0.29, 0.717) is 23.3 Å². The summed E-state index contributed by atoms with van der Waals surface area (Å²) >= 11 is 0. The van der Waals surface area contributed by atoms with Crippen molar-refractivity contribution in [2.45, 2.75) is 24.4 Å². The second-order valence-corrected chi connectivity index (χ2v) is 7.24. The first kappa shape index (κ1) is 18.3. The highest BCUT2D eigenvalue weighted by molar-refractivity contribution is 5.63. The number of fused-ring (bicyclic) bond motifs is 1. The zero-order valence-corrected chi connectivity index (χ0v) is 15.3. The summed E-state index contributed by atoms with van der Waals surface area (Å²) in [7, 11) is 0. The maximum Gasteiger partial charge on any atom is 0.416 e. The highest BCUT2D eigenvalue weighted by Gasteiger charge is 2.42. The van der Waals surface area contributed by atoms with Crippen LogP contribution in [0, 0.1) is 0 Å². The molecule has 3 aromatic heterocycles. The van der Waals surface area contributed by atoms with E-state index >= 15 is 0 Å². The number of nitrogens with zero attached hydrogens (tertiary/aromatic N) is 3. The fourth-order valence-corrected chi connectivity index (χ4v) is 3.80. The van der Waals surface area contributed by atoms with Gasteiger partial charge < -0.3 is 4.98 Å². The van der Waals surface area contributed by atoms with Gasteiger partial charge in [0.1, 0.15) is 0 Å². The zero-order chi connectivity index (χ0) is 21.0. The van der Waals surface area contributed by atoms with Crippen molar-refractivity contribution in [1.29, 1.82) is 0 Å². The van der Waals surface area contributed by atoms with Gasteiger partial charge in [0.15, 0.2) is 5.65 Å². The topological polar surface area (TPSA) is 95.9 Å². The average Bonchev–Trinajstić information content (AvgIpc) is 3.35. The van der Waals surface area contributed by atoms with Gasteiger partial charge in [-0.05, 0) is 36.0 Å². The van der Waals surface area contributed by atoms with E-state index in [4.69, 9.17) is 0 Å². The van der Waals surface area contributed by atoms with E-state index in [1.165, 1.54) is 22.8 Å². The monoisotopic (exact) mass is 413 g/mol. The molecule has 1 aromatic carbocycles. The largest absolute Gasteiger partial charge is 0.416 e. The number of nitrogens with one attached hydrogen (secondary N) is 2. The van der Waals surface area contributed by atoms with Gasteiger partial charge in [-0.15, -0.1) is 0 Å². The van der Waals surface area contributed by atoms with E-state index in [0.717, 1.165) is 11.6 Å². The van der Waals surface area contributed by atoms with Crippen molar-refractivity contribution in [3.63, 3.8) is 0 Å². The summed E-state index contributed by atoms with van der Waals surface area (Å²) in [5, 5.41) is 4.37. The second-order valence-electron chi connectivity index (χ2n) is 7.24. The maximum atomic E-state index is 13.1. The number of rotatable bonds is 3. The molecule has 0 spiro atoms. The normalized spacial score (nSPS) is 18.6. The molecule has 2 atom stereocenters. The number of benzene rings is 1. The molecule has 4 aromatic rings. The molecule has 5 rings (SSSR count). The molecule has 1 unspecified atom stereocenters. The SMILES string of the molecule is O=c1[nH]cc(-c2cc(C3C[C@H]3c3cccc(C(F)(F)F)c3)c3nccn3n2)c(=O)[nH]1. The number of aromatic nitrogens is 5. The number of alkyl halides is 3. The van der Waals surface area contributed by atoms with Gasteiger partial charge in [0.2, 0.25) is 0 Å². The number of halogens is 3. The van der Waals surface area contributed by atoms with E-state index in [2.05, 4.69) is 20.1 Å². The Labute approximate surface area is 166 Å². The van der Waals surface area contributed by atoms with Crippen molar-refractivity contribution in [3.8, 4) is 11.3 Å². The Morgan fingerprint density at radius 1 is 1.13 bits per heavy atom. The summed E-state index contributed by atoms with van der Waals surface area (Å²) < 4.78 is 40.7. The standard InChI is InChI=1S/C20H14F3N5O2/c21-20(22,23)11-3-1-2-10(6-11)12-7-13(12)14-8-16(27-28-5-4-24-17(14)28)15-9-25-19(30)26-18(15)29/h1-6,8-9,12-13H,7H2,(H2,25,26,29,30)/t12-,13?/m0/s1. The lowest BCUT2D eigenvalue weighted by Gasteiger charge is -2.09. The summed E-state index contributed by atoms with van der Waals surface area (Å²) in [6.45, 7) is 0. The molecule has 0 amide bonds. The predicted molar refractivity (Wildman–Crippen MR) is 101 cm³/mol. The molecule has 1 aliphatic rings. The van der Waals surface area contributed by atoms with Crippen LogP contribution < -0.4 is 11.2 Å². The molecule has 1 fully saturated rings. The molecule has 0 aliphatic heterocycles. The fraction of sp³-hybridized carbons (Fsp3) is 0.200. The molecule has 7 nitrogen and oxygen atoms in total. The number of imidazole rings is 1. The van der Waals surface area contributed by atoms with Crippen molar-refractivity contribution in [3.05, 3.63) is 86.5 Å². The van der Waals surface area contributed by atoms with Gasteiger partial charge in [0, 0.05) is 24.2 Å². The zero-order valence-electron chi connectivity index (χ0n) is 15.3. The van der Waals surface area contributed by atoms with Crippen LogP contribution in [0.15, 0.2) is 58.5 Å². The fourth-order valence-electron chi connectivity index (χ4n) is 3.80. The van der Waals surface area contributed by atoms with E-state index in [9.17, 15) is 22.8 Å². The molecule has 3 heterocycles. The smallest absolute Gasteiger partial charge is 0.313 e. The first-order valence-corrected chi connectivity index (χ1v) is 9.15. The molecule has 152 valence electrons. The Kier molecular flexibility index (Phi) is 3.92. The van der Waals surface area contributed by atoms with Crippen LogP contribution in [-0.2, 0) is 6.18 Å². The van der Waals surface area contributed by atoms with Crippen molar-refractivity contribution in [2.75, 3.05) is 0 Å². The number of aromatic amines is 2. The number of hydrogen-bond donors (Lipinski definition) is 2. The van der Waals surface area contributed by atoms with Gasteiger partial charge in [-0.3, -0.25) is 9.78 Å². The second kappa shape index (κ2) is 6.41. The third-order valence-corrected chi connectivity index (χ3v) is 5.31. The van der Waals surface area contributed by atoms with E-state index < -0.39 is 23.0 Å². The van der Waals surface area contributed by atoms with E-state index in [1.807, 2.05) is 0 Å².